The van der Waals surface area contributed by atoms with Crippen LogP contribution in [0.2, 0.25) is 0 Å². The first-order valence-electron chi connectivity index (χ1n) is 5.82. The van der Waals surface area contributed by atoms with Crippen LogP contribution in [0, 0.1) is 6.92 Å². The number of nitrogens with zero attached hydrogens (tertiary/aromatic N) is 3. The molecule has 0 radical (unpaired) electrons. The van der Waals surface area contributed by atoms with Gasteiger partial charge in [-0.25, -0.2) is 14.3 Å². The average Bonchev–Trinajstić information content (AvgIpc) is 2.82. The minimum atomic E-state index is -1.02. The van der Waals surface area contributed by atoms with E-state index in [-0.39, 0.29) is 5.69 Å². The predicted molar refractivity (Wildman–Crippen MR) is 70.1 cm³/mol. The molecule has 0 aliphatic rings. The van der Waals surface area contributed by atoms with E-state index in [9.17, 15) is 4.79 Å². The SMILES string of the molecule is Cc1ccccc1-c1nc2cccc(C(=O)O)n2n1. The second-order valence-electron chi connectivity index (χ2n) is 4.24. The monoisotopic (exact) mass is 253 g/mol. The number of carbonyl (C=O) groups is 1. The number of aromatic carboxylic acids is 1. The van der Waals surface area contributed by atoms with Gasteiger partial charge < -0.3 is 5.11 Å². The van der Waals surface area contributed by atoms with Crippen LogP contribution in [0.5, 0.6) is 0 Å². The lowest BCUT2D eigenvalue weighted by molar-refractivity contribution is 0.0687. The van der Waals surface area contributed by atoms with Crippen molar-refractivity contribution >= 4 is 11.6 Å². The van der Waals surface area contributed by atoms with Crippen LogP contribution in [0.3, 0.4) is 0 Å². The number of hydrogen-bond donors (Lipinski definition) is 1. The van der Waals surface area contributed by atoms with Crippen LogP contribution in [-0.4, -0.2) is 25.7 Å². The van der Waals surface area contributed by atoms with Crippen molar-refractivity contribution in [3.05, 3.63) is 53.7 Å². The summed E-state index contributed by atoms with van der Waals surface area (Å²) in [5.41, 5.74) is 2.58. The number of carboxylic acids is 1. The molecule has 2 heterocycles. The predicted octanol–water partition coefficient (Wildman–Crippen LogP) is 2.40. The molecule has 1 N–H and O–H groups in total. The Kier molecular flexibility index (Phi) is 2.52. The van der Waals surface area contributed by atoms with Gasteiger partial charge in [-0.1, -0.05) is 30.3 Å². The molecule has 0 amide bonds. The molecule has 0 saturated carbocycles. The highest BCUT2D eigenvalue weighted by atomic mass is 16.4. The van der Waals surface area contributed by atoms with Gasteiger partial charge in [0.2, 0.25) is 0 Å². The van der Waals surface area contributed by atoms with Gasteiger partial charge in [-0.3, -0.25) is 0 Å². The van der Waals surface area contributed by atoms with Crippen LogP contribution in [-0.2, 0) is 0 Å². The molecule has 0 atom stereocenters. The van der Waals surface area contributed by atoms with E-state index in [2.05, 4.69) is 10.1 Å². The zero-order valence-electron chi connectivity index (χ0n) is 10.2. The molecule has 0 aliphatic carbocycles. The van der Waals surface area contributed by atoms with Gasteiger partial charge in [0, 0.05) is 5.56 Å². The van der Waals surface area contributed by atoms with Crippen LogP contribution in [0.15, 0.2) is 42.5 Å². The molecule has 0 saturated heterocycles. The number of hydrogen-bond acceptors (Lipinski definition) is 3. The van der Waals surface area contributed by atoms with E-state index < -0.39 is 5.97 Å². The zero-order valence-corrected chi connectivity index (χ0v) is 10.2. The van der Waals surface area contributed by atoms with Crippen molar-refractivity contribution in [1.29, 1.82) is 0 Å². The molecule has 0 aliphatic heterocycles. The normalized spacial score (nSPS) is 10.8. The van der Waals surface area contributed by atoms with E-state index in [0.717, 1.165) is 11.1 Å². The first-order chi connectivity index (χ1) is 9.16. The van der Waals surface area contributed by atoms with E-state index in [0.29, 0.717) is 11.5 Å². The van der Waals surface area contributed by atoms with Gasteiger partial charge in [-0.15, -0.1) is 5.10 Å². The quantitative estimate of drug-likeness (QED) is 0.761. The Bertz CT molecular complexity index is 777. The summed E-state index contributed by atoms with van der Waals surface area (Å²) in [5.74, 6) is -0.487. The van der Waals surface area contributed by atoms with Gasteiger partial charge in [0.1, 0.15) is 0 Å². The van der Waals surface area contributed by atoms with E-state index in [1.807, 2.05) is 31.2 Å². The van der Waals surface area contributed by atoms with Gasteiger partial charge >= 0.3 is 5.97 Å². The number of fused-ring (bicyclic) bond motifs is 1. The molecule has 0 fully saturated rings. The van der Waals surface area contributed by atoms with Gasteiger partial charge in [0.15, 0.2) is 17.2 Å². The lowest BCUT2D eigenvalue weighted by atomic mass is 10.1. The third kappa shape index (κ3) is 1.85. The second-order valence-corrected chi connectivity index (χ2v) is 4.24. The van der Waals surface area contributed by atoms with Gasteiger partial charge in [-0.2, -0.15) is 0 Å². The number of aromatic nitrogens is 3. The Morgan fingerprint density at radius 2 is 1.95 bits per heavy atom. The van der Waals surface area contributed by atoms with E-state index in [1.165, 1.54) is 10.6 Å². The topological polar surface area (TPSA) is 67.5 Å². The fourth-order valence-corrected chi connectivity index (χ4v) is 2.01. The highest BCUT2D eigenvalue weighted by Crippen LogP contribution is 2.20. The number of pyridine rings is 1. The smallest absolute Gasteiger partial charge is 0.354 e. The highest BCUT2D eigenvalue weighted by Gasteiger charge is 2.13. The minimum absolute atomic E-state index is 0.102. The Balaban J connectivity index is 2.26. The van der Waals surface area contributed by atoms with E-state index in [1.54, 1.807) is 12.1 Å². The summed E-state index contributed by atoms with van der Waals surface area (Å²) < 4.78 is 1.35. The molecular formula is C14H11N3O2. The Morgan fingerprint density at radius 3 is 2.68 bits per heavy atom. The maximum absolute atomic E-state index is 11.1. The number of benzene rings is 1. The summed E-state index contributed by atoms with van der Waals surface area (Å²) in [4.78, 5) is 15.5. The molecule has 2 aromatic heterocycles. The van der Waals surface area contributed by atoms with Crippen molar-refractivity contribution in [3.8, 4) is 11.4 Å². The summed E-state index contributed by atoms with van der Waals surface area (Å²) >= 11 is 0. The van der Waals surface area contributed by atoms with E-state index in [4.69, 9.17) is 5.11 Å². The Hall–Kier alpha value is -2.69. The van der Waals surface area contributed by atoms with Crippen LogP contribution >= 0.6 is 0 Å². The molecule has 3 rings (SSSR count). The Morgan fingerprint density at radius 1 is 1.16 bits per heavy atom. The zero-order chi connectivity index (χ0) is 13.4. The van der Waals surface area contributed by atoms with Crippen LogP contribution in [0.4, 0.5) is 0 Å². The molecule has 0 bridgehead atoms. The van der Waals surface area contributed by atoms with Crippen LogP contribution in [0.1, 0.15) is 16.1 Å². The first kappa shape index (κ1) is 11.4. The second kappa shape index (κ2) is 4.20. The molecule has 0 unspecified atom stereocenters. The summed E-state index contributed by atoms with van der Waals surface area (Å²) in [6.07, 6.45) is 0. The summed E-state index contributed by atoms with van der Waals surface area (Å²) in [6, 6.07) is 12.6. The van der Waals surface area contributed by atoms with Crippen molar-refractivity contribution in [2.45, 2.75) is 6.92 Å². The van der Waals surface area contributed by atoms with Gasteiger partial charge in [-0.05, 0) is 24.6 Å². The number of rotatable bonds is 2. The molecule has 5 nitrogen and oxygen atoms in total. The van der Waals surface area contributed by atoms with Crippen molar-refractivity contribution < 1.29 is 9.90 Å². The first-order valence-corrected chi connectivity index (χ1v) is 5.82. The lowest BCUT2D eigenvalue weighted by Crippen LogP contribution is -2.05. The average molecular weight is 253 g/mol. The molecule has 0 spiro atoms. The molecular weight excluding hydrogens is 242 g/mol. The molecule has 3 aromatic rings. The van der Waals surface area contributed by atoms with Crippen molar-refractivity contribution in [2.24, 2.45) is 0 Å². The molecule has 94 valence electrons. The van der Waals surface area contributed by atoms with Crippen molar-refractivity contribution in [2.75, 3.05) is 0 Å². The molecule has 5 heteroatoms. The Labute approximate surface area is 109 Å². The van der Waals surface area contributed by atoms with Crippen LogP contribution in [0.25, 0.3) is 17.0 Å². The minimum Gasteiger partial charge on any atom is -0.477 e. The largest absolute Gasteiger partial charge is 0.477 e. The fraction of sp³-hybridized carbons (Fsp3) is 0.0714. The third-order valence-electron chi connectivity index (χ3n) is 2.96. The van der Waals surface area contributed by atoms with E-state index >= 15 is 0 Å². The van der Waals surface area contributed by atoms with Crippen molar-refractivity contribution in [1.82, 2.24) is 14.6 Å². The third-order valence-corrected chi connectivity index (χ3v) is 2.96. The maximum atomic E-state index is 11.1. The molecule has 19 heavy (non-hydrogen) atoms. The standard InChI is InChI=1S/C14H11N3O2/c1-9-5-2-3-6-10(9)13-15-12-8-4-7-11(14(18)19)17(12)16-13/h2-8H,1H3,(H,18,19). The summed E-state index contributed by atoms with van der Waals surface area (Å²) in [7, 11) is 0. The van der Waals surface area contributed by atoms with Crippen LogP contribution < -0.4 is 0 Å². The summed E-state index contributed by atoms with van der Waals surface area (Å²) in [6.45, 7) is 1.97. The summed E-state index contributed by atoms with van der Waals surface area (Å²) in [5, 5.41) is 13.4. The fourth-order valence-electron chi connectivity index (χ4n) is 2.01. The lowest BCUT2D eigenvalue weighted by Gasteiger charge is -1.99. The number of carboxylic acid groups (broad SMARTS) is 1. The van der Waals surface area contributed by atoms with Gasteiger partial charge in [0.05, 0.1) is 0 Å². The number of aryl methyl sites for hydroxylation is 1. The maximum Gasteiger partial charge on any atom is 0.354 e. The van der Waals surface area contributed by atoms with Crippen molar-refractivity contribution in [3.63, 3.8) is 0 Å². The molecule has 1 aromatic carbocycles. The van der Waals surface area contributed by atoms with Gasteiger partial charge in [0.25, 0.3) is 0 Å². The highest BCUT2D eigenvalue weighted by molar-refractivity contribution is 5.86.